The summed E-state index contributed by atoms with van der Waals surface area (Å²) in [7, 11) is 0. The van der Waals surface area contributed by atoms with Gasteiger partial charge in [-0.15, -0.1) is 0 Å². The summed E-state index contributed by atoms with van der Waals surface area (Å²) in [6.07, 6.45) is 10.4. The predicted octanol–water partition coefficient (Wildman–Crippen LogP) is 4.46. The Bertz CT molecular complexity index is 590. The summed E-state index contributed by atoms with van der Waals surface area (Å²) >= 11 is 0. The first-order valence-electron chi connectivity index (χ1n) is 10.2. The molecule has 2 N–H and O–H groups in total. The van der Waals surface area contributed by atoms with Crippen molar-refractivity contribution in [1.29, 1.82) is 0 Å². The van der Waals surface area contributed by atoms with Gasteiger partial charge in [0.25, 0.3) is 0 Å². The van der Waals surface area contributed by atoms with Crippen LogP contribution >= 0.6 is 0 Å². The average Bonchev–Trinajstić information content (AvgIpc) is 3.03. The molecule has 1 aliphatic carbocycles. The van der Waals surface area contributed by atoms with Crippen LogP contribution in [0.1, 0.15) is 69.9 Å². The van der Waals surface area contributed by atoms with Gasteiger partial charge < -0.3 is 10.6 Å². The molecule has 138 valence electrons. The number of hydrogen-bond donors (Lipinski definition) is 1. The second-order valence-electron chi connectivity index (χ2n) is 8.41. The van der Waals surface area contributed by atoms with Crippen LogP contribution < -0.4 is 10.6 Å². The molecule has 0 saturated heterocycles. The maximum absolute atomic E-state index is 12.7. The maximum atomic E-state index is 12.7. The van der Waals surface area contributed by atoms with E-state index in [2.05, 4.69) is 32.0 Å². The number of anilines is 1. The van der Waals surface area contributed by atoms with Gasteiger partial charge in [0.15, 0.2) is 0 Å². The second-order valence-corrected chi connectivity index (χ2v) is 8.41. The van der Waals surface area contributed by atoms with Gasteiger partial charge in [0.1, 0.15) is 0 Å². The number of hydrogen-bond acceptors (Lipinski definition) is 2. The quantitative estimate of drug-likeness (QED) is 0.829. The molecule has 0 radical (unpaired) electrons. The third-order valence-corrected chi connectivity index (χ3v) is 6.16. The number of carbonyl (C=O) groups is 1. The summed E-state index contributed by atoms with van der Waals surface area (Å²) in [6.45, 7) is 5.19. The van der Waals surface area contributed by atoms with E-state index in [1.165, 1.54) is 43.2 Å². The molecular weight excluding hydrogens is 308 g/mol. The molecule has 1 aromatic rings. The molecule has 0 aromatic heterocycles. The van der Waals surface area contributed by atoms with Crippen molar-refractivity contribution in [3.8, 4) is 0 Å². The molecule has 3 heteroatoms. The topological polar surface area (TPSA) is 46.3 Å². The molecule has 1 unspecified atom stereocenters. The monoisotopic (exact) mass is 342 g/mol. The molecule has 1 amide bonds. The highest BCUT2D eigenvalue weighted by atomic mass is 16.2. The van der Waals surface area contributed by atoms with Gasteiger partial charge in [-0.1, -0.05) is 58.1 Å². The van der Waals surface area contributed by atoms with Crippen LogP contribution in [0.3, 0.4) is 0 Å². The normalized spacial score (nSPS) is 19.3. The zero-order valence-electron chi connectivity index (χ0n) is 16.0. The molecule has 3 nitrogen and oxygen atoms in total. The Hall–Kier alpha value is -1.35. The lowest BCUT2D eigenvalue weighted by atomic mass is 9.86. The molecule has 1 heterocycles. The third kappa shape index (κ3) is 4.63. The summed E-state index contributed by atoms with van der Waals surface area (Å²) in [4.78, 5) is 14.7. The van der Waals surface area contributed by atoms with Gasteiger partial charge in [0.2, 0.25) is 5.91 Å². The minimum atomic E-state index is 0.202. The maximum Gasteiger partial charge on any atom is 0.227 e. The van der Waals surface area contributed by atoms with E-state index in [0.717, 1.165) is 37.4 Å². The highest BCUT2D eigenvalue weighted by molar-refractivity contribution is 5.95. The molecule has 3 rings (SSSR count). The Morgan fingerprint density at radius 1 is 1.24 bits per heavy atom. The van der Waals surface area contributed by atoms with Crippen molar-refractivity contribution in [2.24, 2.45) is 17.6 Å². The Morgan fingerprint density at radius 2 is 2.00 bits per heavy atom. The van der Waals surface area contributed by atoms with Crippen molar-refractivity contribution in [1.82, 2.24) is 0 Å². The number of nitrogens with zero attached hydrogens (tertiary/aromatic N) is 1. The summed E-state index contributed by atoms with van der Waals surface area (Å²) in [5.41, 5.74) is 9.97. The number of fused-ring (bicyclic) bond motifs is 1. The van der Waals surface area contributed by atoms with Gasteiger partial charge in [-0.2, -0.15) is 0 Å². The van der Waals surface area contributed by atoms with Crippen LogP contribution in [0.2, 0.25) is 0 Å². The van der Waals surface area contributed by atoms with Crippen LogP contribution in [-0.2, 0) is 17.6 Å². The van der Waals surface area contributed by atoms with E-state index in [4.69, 9.17) is 5.73 Å². The average molecular weight is 343 g/mol. The van der Waals surface area contributed by atoms with E-state index >= 15 is 0 Å². The summed E-state index contributed by atoms with van der Waals surface area (Å²) in [5.74, 6) is 1.58. The smallest absolute Gasteiger partial charge is 0.227 e. The second kappa shape index (κ2) is 8.35. The predicted molar refractivity (Wildman–Crippen MR) is 105 cm³/mol. The first-order chi connectivity index (χ1) is 12.0. The van der Waals surface area contributed by atoms with E-state index in [1.54, 1.807) is 0 Å². The van der Waals surface area contributed by atoms with Gasteiger partial charge in [-0.25, -0.2) is 0 Å². The SMILES string of the molecule is CC(C)C(N)Cc1ccc2c(c1)CCN2C(=O)CCC1CCCCC1. The molecule has 1 fully saturated rings. The molecular formula is C22H34N2O. The number of benzene rings is 1. The van der Waals surface area contributed by atoms with E-state index in [1.807, 2.05) is 4.90 Å². The van der Waals surface area contributed by atoms with E-state index < -0.39 is 0 Å². The Labute approximate surface area is 153 Å². The van der Waals surface area contributed by atoms with Gasteiger partial charge in [0, 0.05) is 24.7 Å². The van der Waals surface area contributed by atoms with E-state index in [0.29, 0.717) is 18.2 Å². The molecule has 1 aliphatic heterocycles. The van der Waals surface area contributed by atoms with E-state index in [9.17, 15) is 4.79 Å². The van der Waals surface area contributed by atoms with Gasteiger partial charge in [-0.3, -0.25) is 4.79 Å². The number of carbonyl (C=O) groups excluding carboxylic acids is 1. The lowest BCUT2D eigenvalue weighted by molar-refractivity contribution is -0.118. The van der Waals surface area contributed by atoms with Gasteiger partial charge in [0.05, 0.1) is 0 Å². The van der Waals surface area contributed by atoms with Crippen molar-refractivity contribution in [2.45, 2.75) is 77.7 Å². The van der Waals surface area contributed by atoms with Crippen LogP contribution in [0.25, 0.3) is 0 Å². The minimum absolute atomic E-state index is 0.202. The number of amides is 1. The zero-order chi connectivity index (χ0) is 17.8. The largest absolute Gasteiger partial charge is 0.327 e. The third-order valence-electron chi connectivity index (χ3n) is 6.16. The summed E-state index contributed by atoms with van der Waals surface area (Å²) < 4.78 is 0. The molecule has 1 aromatic carbocycles. The number of rotatable bonds is 6. The first-order valence-corrected chi connectivity index (χ1v) is 10.2. The van der Waals surface area contributed by atoms with Gasteiger partial charge >= 0.3 is 0 Å². The van der Waals surface area contributed by atoms with E-state index in [-0.39, 0.29) is 6.04 Å². The van der Waals surface area contributed by atoms with Crippen LogP contribution in [0.4, 0.5) is 5.69 Å². The standard InChI is InChI=1S/C22H34N2O/c1-16(2)20(23)15-18-8-10-21-19(14-18)12-13-24(21)22(25)11-9-17-6-4-3-5-7-17/h8,10,14,16-17,20H,3-7,9,11-13,15,23H2,1-2H3. The van der Waals surface area contributed by atoms with Crippen LogP contribution in [0.5, 0.6) is 0 Å². The highest BCUT2D eigenvalue weighted by Crippen LogP contribution is 2.32. The minimum Gasteiger partial charge on any atom is -0.327 e. The van der Waals surface area contributed by atoms with Crippen LogP contribution in [0.15, 0.2) is 18.2 Å². The molecule has 1 saturated carbocycles. The lowest BCUT2D eigenvalue weighted by Gasteiger charge is -2.23. The highest BCUT2D eigenvalue weighted by Gasteiger charge is 2.25. The summed E-state index contributed by atoms with van der Waals surface area (Å²) in [6, 6.07) is 6.77. The van der Waals surface area contributed by atoms with Gasteiger partial charge in [-0.05, 0) is 48.3 Å². The fourth-order valence-corrected chi connectivity index (χ4v) is 4.29. The van der Waals surface area contributed by atoms with Crippen molar-refractivity contribution < 1.29 is 4.79 Å². The van der Waals surface area contributed by atoms with Crippen molar-refractivity contribution in [3.05, 3.63) is 29.3 Å². The van der Waals surface area contributed by atoms with Crippen molar-refractivity contribution >= 4 is 11.6 Å². The Balaban J connectivity index is 1.58. The first kappa shape index (κ1) is 18.4. The Kier molecular flexibility index (Phi) is 6.16. The molecule has 25 heavy (non-hydrogen) atoms. The van der Waals surface area contributed by atoms with Crippen molar-refractivity contribution in [2.75, 3.05) is 11.4 Å². The van der Waals surface area contributed by atoms with Crippen molar-refractivity contribution in [3.63, 3.8) is 0 Å². The van der Waals surface area contributed by atoms with Crippen LogP contribution in [-0.4, -0.2) is 18.5 Å². The number of nitrogens with two attached hydrogens (primary N) is 1. The fraction of sp³-hybridized carbons (Fsp3) is 0.682. The molecule has 0 bridgehead atoms. The fourth-order valence-electron chi connectivity index (χ4n) is 4.29. The summed E-state index contributed by atoms with van der Waals surface area (Å²) in [5, 5.41) is 0. The van der Waals surface area contributed by atoms with Crippen LogP contribution in [0, 0.1) is 11.8 Å². The Morgan fingerprint density at radius 3 is 2.72 bits per heavy atom. The lowest BCUT2D eigenvalue weighted by Crippen LogP contribution is -2.29. The molecule has 2 aliphatic rings. The molecule has 0 spiro atoms. The zero-order valence-corrected chi connectivity index (χ0v) is 16.0. The molecule has 1 atom stereocenters.